The normalized spacial score (nSPS) is 11.2. The highest BCUT2D eigenvalue weighted by Crippen LogP contribution is 2.28. The summed E-state index contributed by atoms with van der Waals surface area (Å²) in [7, 11) is 1.63. The molecule has 1 N–H and O–H groups in total. The van der Waals surface area contributed by atoms with Crippen molar-refractivity contribution in [2.45, 2.75) is 26.4 Å². The van der Waals surface area contributed by atoms with Crippen LogP contribution in [0.3, 0.4) is 0 Å². The Kier molecular flexibility index (Phi) is 8.36. The van der Waals surface area contributed by atoms with E-state index in [1.54, 1.807) is 25.3 Å². The highest BCUT2D eigenvalue weighted by Gasteiger charge is 2.16. The maximum absolute atomic E-state index is 11.8. The molecule has 0 fully saturated rings. The van der Waals surface area contributed by atoms with Gasteiger partial charge in [0.25, 0.3) is 0 Å². The molecular formula is C16H24BrNO5. The fourth-order valence-corrected chi connectivity index (χ4v) is 1.93. The third kappa shape index (κ3) is 8.78. The molecule has 0 radical (unpaired) electrons. The van der Waals surface area contributed by atoms with Crippen LogP contribution in [-0.2, 0) is 14.2 Å². The Morgan fingerprint density at radius 3 is 2.52 bits per heavy atom. The average molecular weight is 390 g/mol. The van der Waals surface area contributed by atoms with E-state index in [0.717, 1.165) is 4.47 Å². The first-order valence-corrected chi connectivity index (χ1v) is 8.10. The molecule has 6 nitrogen and oxygen atoms in total. The van der Waals surface area contributed by atoms with Crippen molar-refractivity contribution in [1.29, 1.82) is 0 Å². The summed E-state index contributed by atoms with van der Waals surface area (Å²) < 4.78 is 21.9. The second-order valence-electron chi connectivity index (χ2n) is 5.73. The maximum Gasteiger partial charge on any atom is 0.412 e. The first-order valence-electron chi connectivity index (χ1n) is 7.31. The Morgan fingerprint density at radius 1 is 1.17 bits per heavy atom. The molecule has 0 saturated carbocycles. The smallest absolute Gasteiger partial charge is 0.412 e. The zero-order valence-corrected chi connectivity index (χ0v) is 15.6. The third-order valence-electron chi connectivity index (χ3n) is 2.49. The molecule has 23 heavy (non-hydrogen) atoms. The van der Waals surface area contributed by atoms with Crippen molar-refractivity contribution in [3.05, 3.63) is 22.7 Å². The zero-order chi connectivity index (χ0) is 17.3. The summed E-state index contributed by atoms with van der Waals surface area (Å²) in [6, 6.07) is 5.28. The van der Waals surface area contributed by atoms with E-state index in [1.165, 1.54) is 0 Å². The number of anilines is 1. The fraction of sp³-hybridized carbons (Fsp3) is 0.562. The predicted octanol–water partition coefficient (Wildman–Crippen LogP) is 3.84. The van der Waals surface area contributed by atoms with Gasteiger partial charge in [-0.05, 0) is 48.8 Å². The van der Waals surface area contributed by atoms with Crippen molar-refractivity contribution in [3.63, 3.8) is 0 Å². The highest BCUT2D eigenvalue weighted by atomic mass is 79.9. The Morgan fingerprint density at radius 2 is 1.87 bits per heavy atom. The van der Waals surface area contributed by atoms with Crippen LogP contribution in [0.1, 0.15) is 20.8 Å². The largest absolute Gasteiger partial charge is 0.490 e. The summed E-state index contributed by atoms with van der Waals surface area (Å²) >= 11 is 3.41. The van der Waals surface area contributed by atoms with Crippen LogP contribution in [0.2, 0.25) is 0 Å². The van der Waals surface area contributed by atoms with Crippen molar-refractivity contribution in [3.8, 4) is 5.75 Å². The molecule has 1 aromatic rings. The van der Waals surface area contributed by atoms with Crippen LogP contribution in [0.5, 0.6) is 5.75 Å². The standard InChI is InChI=1S/C16H24BrNO5/c1-16(2,3)23-15(19)18-12-5-6-13(17)14(11-12)22-10-9-21-8-7-20-4/h5-6,11H,7-10H2,1-4H3,(H,18,19). The molecule has 7 heteroatoms. The summed E-state index contributed by atoms with van der Waals surface area (Å²) in [5.41, 5.74) is 0.0518. The fourth-order valence-electron chi connectivity index (χ4n) is 1.57. The van der Waals surface area contributed by atoms with Crippen molar-refractivity contribution in [1.82, 2.24) is 0 Å². The molecule has 1 amide bonds. The minimum absolute atomic E-state index is 0.401. The van der Waals surface area contributed by atoms with E-state index in [4.69, 9.17) is 18.9 Å². The first-order chi connectivity index (χ1) is 10.8. The van der Waals surface area contributed by atoms with Gasteiger partial charge < -0.3 is 18.9 Å². The molecule has 0 saturated heterocycles. The van der Waals surface area contributed by atoms with Gasteiger partial charge in [0.15, 0.2) is 0 Å². The lowest BCUT2D eigenvalue weighted by Crippen LogP contribution is -2.27. The maximum atomic E-state index is 11.8. The molecule has 0 aliphatic heterocycles. The van der Waals surface area contributed by atoms with E-state index in [1.807, 2.05) is 20.8 Å². The number of ether oxygens (including phenoxy) is 4. The molecule has 0 bridgehead atoms. The van der Waals surface area contributed by atoms with Crippen molar-refractivity contribution < 1.29 is 23.7 Å². The van der Waals surface area contributed by atoms with Crippen LogP contribution in [0.25, 0.3) is 0 Å². The lowest BCUT2D eigenvalue weighted by Gasteiger charge is -2.20. The lowest BCUT2D eigenvalue weighted by atomic mass is 10.2. The van der Waals surface area contributed by atoms with Crippen LogP contribution in [-0.4, -0.2) is 45.2 Å². The van der Waals surface area contributed by atoms with Crippen LogP contribution >= 0.6 is 15.9 Å². The number of carbonyl (C=O) groups is 1. The topological polar surface area (TPSA) is 66.0 Å². The number of halogens is 1. The minimum atomic E-state index is -0.543. The number of benzene rings is 1. The first kappa shape index (κ1) is 19.7. The van der Waals surface area contributed by atoms with E-state index >= 15 is 0 Å². The van der Waals surface area contributed by atoms with Crippen molar-refractivity contribution in [2.24, 2.45) is 0 Å². The van der Waals surface area contributed by atoms with Crippen LogP contribution < -0.4 is 10.1 Å². The van der Waals surface area contributed by atoms with Crippen LogP contribution in [0, 0.1) is 0 Å². The second-order valence-corrected chi connectivity index (χ2v) is 6.58. The van der Waals surface area contributed by atoms with Gasteiger partial charge in [0.2, 0.25) is 0 Å². The molecule has 0 spiro atoms. The molecule has 0 unspecified atom stereocenters. The monoisotopic (exact) mass is 389 g/mol. The number of carbonyl (C=O) groups excluding carboxylic acids is 1. The Hall–Kier alpha value is -1.31. The number of hydrogen-bond acceptors (Lipinski definition) is 5. The predicted molar refractivity (Wildman–Crippen MR) is 92.2 cm³/mol. The summed E-state index contributed by atoms with van der Waals surface area (Å²) in [4.78, 5) is 11.8. The average Bonchev–Trinajstić information content (AvgIpc) is 2.43. The van der Waals surface area contributed by atoms with E-state index in [9.17, 15) is 4.79 Å². The quantitative estimate of drug-likeness (QED) is 0.684. The lowest BCUT2D eigenvalue weighted by molar-refractivity contribution is 0.0543. The molecular weight excluding hydrogens is 366 g/mol. The second kappa shape index (κ2) is 9.75. The number of hydrogen-bond donors (Lipinski definition) is 1. The van der Waals surface area contributed by atoms with Gasteiger partial charge in [-0.1, -0.05) is 0 Å². The summed E-state index contributed by atoms with van der Waals surface area (Å²) in [5.74, 6) is 0.619. The SMILES string of the molecule is COCCOCCOc1cc(NC(=O)OC(C)(C)C)ccc1Br. The zero-order valence-electron chi connectivity index (χ0n) is 14.0. The molecule has 0 heterocycles. The van der Waals surface area contributed by atoms with Gasteiger partial charge in [-0.2, -0.15) is 0 Å². The Bertz CT molecular complexity index is 502. The number of nitrogens with one attached hydrogen (secondary N) is 1. The van der Waals surface area contributed by atoms with Crippen molar-refractivity contribution in [2.75, 3.05) is 38.9 Å². The van der Waals surface area contributed by atoms with Gasteiger partial charge in [0.05, 0.1) is 24.3 Å². The van der Waals surface area contributed by atoms with E-state index in [2.05, 4.69) is 21.2 Å². The molecule has 1 rings (SSSR count). The minimum Gasteiger partial charge on any atom is -0.490 e. The third-order valence-corrected chi connectivity index (χ3v) is 3.15. The molecule has 0 atom stereocenters. The molecule has 0 aliphatic carbocycles. The van der Waals surface area contributed by atoms with Crippen LogP contribution in [0.15, 0.2) is 22.7 Å². The van der Waals surface area contributed by atoms with E-state index in [-0.39, 0.29) is 0 Å². The Labute approximate surface area is 145 Å². The number of amides is 1. The van der Waals surface area contributed by atoms with Gasteiger partial charge in [0, 0.05) is 18.9 Å². The summed E-state index contributed by atoms with van der Waals surface area (Å²) in [5, 5.41) is 2.67. The van der Waals surface area contributed by atoms with Gasteiger partial charge in [-0.3, -0.25) is 5.32 Å². The van der Waals surface area contributed by atoms with E-state index < -0.39 is 11.7 Å². The van der Waals surface area contributed by atoms with Gasteiger partial charge >= 0.3 is 6.09 Å². The molecule has 1 aromatic carbocycles. The van der Waals surface area contributed by atoms with E-state index in [0.29, 0.717) is 37.9 Å². The molecule has 0 aromatic heterocycles. The number of rotatable bonds is 8. The summed E-state index contributed by atoms with van der Waals surface area (Å²) in [6.45, 7) is 7.38. The summed E-state index contributed by atoms with van der Waals surface area (Å²) in [6.07, 6.45) is -0.506. The molecule has 0 aliphatic rings. The van der Waals surface area contributed by atoms with Gasteiger partial charge in [-0.25, -0.2) is 4.79 Å². The molecule has 130 valence electrons. The van der Waals surface area contributed by atoms with Crippen molar-refractivity contribution >= 4 is 27.7 Å². The number of methoxy groups -OCH3 is 1. The van der Waals surface area contributed by atoms with Gasteiger partial charge in [-0.15, -0.1) is 0 Å². The Balaban J connectivity index is 2.50. The van der Waals surface area contributed by atoms with Crippen LogP contribution in [0.4, 0.5) is 10.5 Å². The highest BCUT2D eigenvalue weighted by molar-refractivity contribution is 9.10. The van der Waals surface area contributed by atoms with Gasteiger partial charge in [0.1, 0.15) is 18.0 Å².